The van der Waals surface area contributed by atoms with Crippen LogP contribution in [0.5, 0.6) is 0 Å². The van der Waals surface area contributed by atoms with Gasteiger partial charge in [0.05, 0.1) is 0 Å². The quantitative estimate of drug-likeness (QED) is 0.140. The highest BCUT2D eigenvalue weighted by Gasteiger charge is 2.38. The van der Waals surface area contributed by atoms with Gasteiger partial charge in [0.1, 0.15) is 23.7 Å². The Hall–Kier alpha value is -3.87. The molecule has 0 unspecified atom stereocenters. The van der Waals surface area contributed by atoms with Crippen molar-refractivity contribution in [1.29, 1.82) is 0 Å². The predicted molar refractivity (Wildman–Crippen MR) is 169 cm³/mol. The lowest BCUT2D eigenvalue weighted by atomic mass is 9.91. The van der Waals surface area contributed by atoms with Crippen LogP contribution >= 0.6 is 11.6 Å². The Morgan fingerprint density at radius 3 is 2.30 bits per heavy atom. The van der Waals surface area contributed by atoms with Gasteiger partial charge >= 0.3 is 0 Å². The van der Waals surface area contributed by atoms with E-state index in [2.05, 4.69) is 26.3 Å². The van der Waals surface area contributed by atoms with E-state index in [0.29, 0.717) is 36.4 Å². The first-order valence-corrected chi connectivity index (χ1v) is 15.4. The molecule has 1 aliphatic heterocycles. The third-order valence-corrected chi connectivity index (χ3v) is 7.82. The first-order chi connectivity index (χ1) is 20.7. The van der Waals surface area contributed by atoms with Crippen LogP contribution in [-0.4, -0.2) is 78.2 Å². The summed E-state index contributed by atoms with van der Waals surface area (Å²) >= 11 is 6.06. The summed E-state index contributed by atoms with van der Waals surface area (Å²) < 4.78 is 0. The molecule has 14 heteroatoms. The van der Waals surface area contributed by atoms with Gasteiger partial charge in [-0.05, 0) is 63.1 Å². The van der Waals surface area contributed by atoms with Crippen molar-refractivity contribution in [3.8, 4) is 0 Å². The van der Waals surface area contributed by atoms with Crippen LogP contribution in [-0.2, 0) is 24.0 Å². The second-order valence-electron chi connectivity index (χ2n) is 11.6. The summed E-state index contributed by atoms with van der Waals surface area (Å²) in [5.41, 5.74) is 10.0. The average Bonchev–Trinajstić information content (AvgIpc) is 2.97. The summed E-state index contributed by atoms with van der Waals surface area (Å²) in [5, 5.41) is 11.7. The lowest BCUT2D eigenvalue weighted by Gasteiger charge is -2.33. The van der Waals surface area contributed by atoms with Gasteiger partial charge in [-0.25, -0.2) is 0 Å². The smallest absolute Gasteiger partial charge is 0.249 e. The van der Waals surface area contributed by atoms with Gasteiger partial charge in [-0.3, -0.25) is 29.0 Å². The van der Waals surface area contributed by atoms with Crippen molar-refractivity contribution in [2.45, 2.75) is 89.9 Å². The number of amides is 5. The Morgan fingerprint density at radius 2 is 1.70 bits per heavy atom. The third kappa shape index (κ3) is 10.7. The molecule has 0 spiro atoms. The van der Waals surface area contributed by atoms with Crippen molar-refractivity contribution >= 4 is 47.1 Å². The summed E-state index contributed by atoms with van der Waals surface area (Å²) in [5.74, 6) is -2.83. The molecule has 8 N–H and O–H groups in total. The van der Waals surface area contributed by atoms with Crippen LogP contribution in [0.4, 0.5) is 0 Å². The minimum Gasteiger partial charge on any atom is -0.370 e. The molecule has 0 aromatic heterocycles. The van der Waals surface area contributed by atoms with Gasteiger partial charge in [0.2, 0.25) is 29.5 Å². The molecule has 44 heavy (non-hydrogen) atoms. The van der Waals surface area contributed by atoms with Crippen molar-refractivity contribution in [3.63, 3.8) is 0 Å². The summed E-state index contributed by atoms with van der Waals surface area (Å²) in [6.45, 7) is 7.35. The number of hydrogen-bond donors (Lipinski definition) is 6. The van der Waals surface area contributed by atoms with E-state index in [1.165, 1.54) is 4.90 Å². The minimum absolute atomic E-state index is 0.0985. The number of guanidine groups is 1. The average molecular weight is 635 g/mol. The number of carbonyl (C=O) groups excluding carboxylic acids is 5. The number of benzene rings is 1. The number of likely N-dealkylation sites (N-methyl/N-ethyl adjacent to an activating group) is 1. The first-order valence-electron chi connectivity index (χ1n) is 15.0. The maximum atomic E-state index is 13.7. The monoisotopic (exact) mass is 634 g/mol. The Labute approximate surface area is 264 Å². The summed E-state index contributed by atoms with van der Waals surface area (Å²) in [4.78, 5) is 72.6. The summed E-state index contributed by atoms with van der Waals surface area (Å²) in [7, 11) is 1.64. The van der Waals surface area contributed by atoms with Crippen LogP contribution in [0.1, 0.15) is 77.8 Å². The van der Waals surface area contributed by atoms with E-state index < -0.39 is 41.4 Å². The van der Waals surface area contributed by atoms with Crippen molar-refractivity contribution in [3.05, 3.63) is 34.9 Å². The van der Waals surface area contributed by atoms with E-state index in [9.17, 15) is 24.0 Å². The molecule has 4 atom stereocenters. The molecular formula is C30H47ClN8O5. The van der Waals surface area contributed by atoms with Crippen molar-refractivity contribution in [2.24, 2.45) is 22.4 Å². The molecule has 2 rings (SSSR count). The molecular weight excluding hydrogens is 588 g/mol. The molecule has 244 valence electrons. The fraction of sp³-hybridized carbons (Fsp3) is 0.600. The largest absolute Gasteiger partial charge is 0.370 e. The van der Waals surface area contributed by atoms with Crippen LogP contribution in [0, 0.1) is 5.92 Å². The number of aliphatic imine (C=N–C) groups is 1. The van der Waals surface area contributed by atoms with Crippen molar-refractivity contribution < 1.29 is 24.0 Å². The third-order valence-electron chi connectivity index (χ3n) is 7.57. The lowest BCUT2D eigenvalue weighted by Crippen LogP contribution is -2.62. The van der Waals surface area contributed by atoms with Gasteiger partial charge in [-0.15, -0.1) is 0 Å². The molecule has 1 aromatic carbocycles. The van der Waals surface area contributed by atoms with Crippen molar-refractivity contribution in [2.75, 3.05) is 20.1 Å². The zero-order valence-electron chi connectivity index (χ0n) is 26.2. The standard InChI is InChI=1S/C30H47ClN8O5/c1-6-21-25(41)37-23(19-11-13-20(31)14-12-19)27(43)39(5)17-8-7-15-30(4,38-24(40)18(2)3)28(44)36-22(26(42)35-21)10-9-16-34-29(32)33/h11-14,18,21-23H,6-10,15-17H2,1-5H3,(H,35,42)(H,36,44)(H,37,41)(H,38,40)(H4,32,33,34)/t21-,22-,23+,30+/m0/s1. The molecule has 0 radical (unpaired) electrons. The zero-order chi connectivity index (χ0) is 33.0. The highest BCUT2D eigenvalue weighted by atomic mass is 35.5. The van der Waals surface area contributed by atoms with E-state index in [4.69, 9.17) is 23.1 Å². The number of rotatable bonds is 8. The fourth-order valence-electron chi connectivity index (χ4n) is 4.71. The number of nitrogens with one attached hydrogen (secondary N) is 4. The zero-order valence-corrected chi connectivity index (χ0v) is 27.0. The van der Waals surface area contributed by atoms with Crippen LogP contribution < -0.4 is 32.7 Å². The van der Waals surface area contributed by atoms with Crippen LogP contribution in [0.15, 0.2) is 29.3 Å². The lowest BCUT2D eigenvalue weighted by molar-refractivity contribution is -0.138. The normalized spacial score (nSPS) is 24.2. The maximum absolute atomic E-state index is 13.7. The number of halogens is 1. The maximum Gasteiger partial charge on any atom is 0.249 e. The van der Waals surface area contributed by atoms with E-state index in [-0.39, 0.29) is 49.5 Å². The van der Waals surface area contributed by atoms with E-state index >= 15 is 0 Å². The van der Waals surface area contributed by atoms with Gasteiger partial charge in [0.25, 0.3) is 0 Å². The minimum atomic E-state index is -1.34. The van der Waals surface area contributed by atoms with Gasteiger partial charge in [0, 0.05) is 31.1 Å². The highest BCUT2D eigenvalue weighted by Crippen LogP contribution is 2.21. The molecule has 1 fully saturated rings. The molecule has 1 aromatic rings. The predicted octanol–water partition coefficient (Wildman–Crippen LogP) is 1.10. The molecule has 0 aliphatic carbocycles. The number of hydrogen-bond acceptors (Lipinski definition) is 6. The highest BCUT2D eigenvalue weighted by molar-refractivity contribution is 6.30. The van der Waals surface area contributed by atoms with Gasteiger partial charge < -0.3 is 37.6 Å². The van der Waals surface area contributed by atoms with Crippen LogP contribution in [0.2, 0.25) is 5.02 Å². The molecule has 1 saturated heterocycles. The van der Waals surface area contributed by atoms with E-state index in [1.54, 1.807) is 59.0 Å². The van der Waals surface area contributed by atoms with Crippen LogP contribution in [0.25, 0.3) is 0 Å². The molecule has 0 saturated carbocycles. The Morgan fingerprint density at radius 1 is 1.07 bits per heavy atom. The van der Waals surface area contributed by atoms with Crippen molar-refractivity contribution in [1.82, 2.24) is 26.2 Å². The summed E-state index contributed by atoms with van der Waals surface area (Å²) in [6.07, 6.45) is 1.99. The van der Waals surface area contributed by atoms with Crippen LogP contribution in [0.3, 0.4) is 0 Å². The molecule has 1 heterocycles. The molecule has 1 aliphatic rings. The first kappa shape index (κ1) is 36.3. The topological polar surface area (TPSA) is 201 Å². The second-order valence-corrected chi connectivity index (χ2v) is 12.1. The Balaban J connectivity index is 2.48. The molecule has 13 nitrogen and oxygen atoms in total. The van der Waals surface area contributed by atoms with E-state index in [0.717, 1.165) is 0 Å². The van der Waals surface area contributed by atoms with Gasteiger partial charge in [0.15, 0.2) is 5.96 Å². The SMILES string of the molecule is CC[C@@H]1NC(=O)[C@H](CCCN=C(N)N)NC(=O)[C@](C)(NC(=O)C(C)C)CCCCN(C)C(=O)[C@@H](c2ccc(Cl)cc2)NC1=O. The second kappa shape index (κ2) is 16.8. The number of nitrogens with two attached hydrogens (primary N) is 2. The number of carbonyl (C=O) groups is 5. The van der Waals surface area contributed by atoms with Gasteiger partial charge in [-0.2, -0.15) is 0 Å². The summed E-state index contributed by atoms with van der Waals surface area (Å²) in [6, 6.07) is 3.53. The van der Waals surface area contributed by atoms with E-state index in [1.807, 2.05) is 0 Å². The Kier molecular flexibility index (Phi) is 13.9. The molecule has 0 bridgehead atoms. The molecule has 5 amide bonds. The van der Waals surface area contributed by atoms with Gasteiger partial charge in [-0.1, -0.05) is 44.5 Å². The number of nitrogens with zero attached hydrogens (tertiary/aromatic N) is 2. The fourth-order valence-corrected chi connectivity index (χ4v) is 4.83. The Bertz CT molecular complexity index is 1200.